The van der Waals surface area contributed by atoms with Crippen LogP contribution in [0, 0.1) is 6.92 Å². The number of carbonyl (C=O) groups excluding carboxylic acids is 2. The van der Waals surface area contributed by atoms with Crippen LogP contribution in [0.25, 0.3) is 0 Å². The summed E-state index contributed by atoms with van der Waals surface area (Å²) in [7, 11) is 0. The monoisotopic (exact) mass is 368 g/mol. The molecule has 0 aliphatic rings. The van der Waals surface area contributed by atoms with Gasteiger partial charge in [-0.3, -0.25) is 20.4 Å². The van der Waals surface area contributed by atoms with Crippen molar-refractivity contribution in [1.29, 1.82) is 0 Å². The van der Waals surface area contributed by atoms with E-state index in [4.69, 9.17) is 12.2 Å². The summed E-state index contributed by atoms with van der Waals surface area (Å²) in [5.74, 6) is -0.537. The Morgan fingerprint density at radius 2 is 1.73 bits per heavy atom. The summed E-state index contributed by atoms with van der Waals surface area (Å²) in [5, 5.41) is 5.93. The van der Waals surface area contributed by atoms with E-state index in [-0.39, 0.29) is 11.8 Å². The summed E-state index contributed by atoms with van der Waals surface area (Å²) in [6.07, 6.45) is 1.65. The molecule has 0 bridgehead atoms. The molecule has 0 radical (unpaired) electrons. The highest BCUT2D eigenvalue weighted by Crippen LogP contribution is 2.13. The lowest BCUT2D eigenvalue weighted by Crippen LogP contribution is -2.46. The van der Waals surface area contributed by atoms with E-state index in [1.807, 2.05) is 25.1 Å². The smallest absolute Gasteiger partial charge is 0.269 e. The maximum Gasteiger partial charge on any atom is 0.269 e. The van der Waals surface area contributed by atoms with Crippen LogP contribution in [0.3, 0.4) is 0 Å². The van der Waals surface area contributed by atoms with Crippen molar-refractivity contribution in [1.82, 2.24) is 16.2 Å². The predicted octanol–water partition coefficient (Wildman–Crippen LogP) is 2.54. The van der Waals surface area contributed by atoms with Crippen LogP contribution >= 0.6 is 12.2 Å². The number of hydrogen-bond acceptors (Lipinski definition) is 3. The fraction of sp³-hybridized carbons (Fsp3) is 0.105. The van der Waals surface area contributed by atoms with Gasteiger partial charge in [-0.25, -0.2) is 0 Å². The first kappa shape index (κ1) is 19.1. The van der Waals surface area contributed by atoms with Crippen LogP contribution in [0.5, 0.6) is 0 Å². The Labute approximate surface area is 157 Å². The molecule has 4 N–H and O–H groups in total. The lowest BCUT2D eigenvalue weighted by molar-refractivity contribution is 0.0943. The standard InChI is InChI=1S/C19H20N4O2S/c1-3-12-20-19(26)23-22-17(24)14-8-10-15(11-9-14)21-18(25)16-7-5-4-6-13(16)2/h3-11H,1,12H2,2H3,(H,21,25)(H,22,24)(H2,20,23,26). The zero-order chi connectivity index (χ0) is 18.9. The summed E-state index contributed by atoms with van der Waals surface area (Å²) < 4.78 is 0. The maximum absolute atomic E-state index is 12.3. The highest BCUT2D eigenvalue weighted by atomic mass is 32.1. The first-order valence-electron chi connectivity index (χ1n) is 7.93. The molecule has 0 heterocycles. The molecule has 134 valence electrons. The molecule has 6 nitrogen and oxygen atoms in total. The molecule has 26 heavy (non-hydrogen) atoms. The van der Waals surface area contributed by atoms with Gasteiger partial charge in [0, 0.05) is 23.4 Å². The first-order valence-corrected chi connectivity index (χ1v) is 8.34. The molecule has 0 aromatic heterocycles. The zero-order valence-corrected chi connectivity index (χ0v) is 15.2. The number of carbonyl (C=O) groups is 2. The molecule has 0 saturated heterocycles. The Balaban J connectivity index is 1.92. The number of amides is 2. The lowest BCUT2D eigenvalue weighted by atomic mass is 10.1. The Bertz CT molecular complexity index is 819. The van der Waals surface area contributed by atoms with E-state index in [0.717, 1.165) is 5.56 Å². The van der Waals surface area contributed by atoms with Gasteiger partial charge in [0.25, 0.3) is 11.8 Å². The van der Waals surface area contributed by atoms with Crippen molar-refractivity contribution < 1.29 is 9.59 Å². The number of benzene rings is 2. The maximum atomic E-state index is 12.3. The minimum atomic E-state index is -0.343. The van der Waals surface area contributed by atoms with Gasteiger partial charge in [-0.1, -0.05) is 24.3 Å². The molecule has 0 aliphatic carbocycles. The van der Waals surface area contributed by atoms with Crippen molar-refractivity contribution in [2.45, 2.75) is 6.92 Å². The molecule has 2 aromatic carbocycles. The van der Waals surface area contributed by atoms with Crippen LogP contribution in [-0.4, -0.2) is 23.5 Å². The second-order valence-corrected chi connectivity index (χ2v) is 5.83. The molecule has 0 aliphatic heterocycles. The van der Waals surface area contributed by atoms with Crippen LogP contribution in [0.15, 0.2) is 61.2 Å². The van der Waals surface area contributed by atoms with Crippen molar-refractivity contribution >= 4 is 34.8 Å². The quantitative estimate of drug-likeness (QED) is 0.370. The van der Waals surface area contributed by atoms with E-state index in [9.17, 15) is 9.59 Å². The van der Waals surface area contributed by atoms with Gasteiger partial charge < -0.3 is 10.6 Å². The number of thiocarbonyl (C=S) groups is 1. The Hall–Kier alpha value is -3.19. The van der Waals surface area contributed by atoms with Gasteiger partial charge >= 0.3 is 0 Å². The van der Waals surface area contributed by atoms with E-state index >= 15 is 0 Å². The third kappa shape index (κ3) is 5.42. The average Bonchev–Trinajstić information content (AvgIpc) is 2.65. The fourth-order valence-electron chi connectivity index (χ4n) is 2.13. The molecule has 0 fully saturated rings. The lowest BCUT2D eigenvalue weighted by Gasteiger charge is -2.11. The SMILES string of the molecule is C=CCNC(=S)NNC(=O)c1ccc(NC(=O)c2ccccc2C)cc1. The highest BCUT2D eigenvalue weighted by Gasteiger charge is 2.10. The highest BCUT2D eigenvalue weighted by molar-refractivity contribution is 7.80. The van der Waals surface area contributed by atoms with Crippen LogP contribution in [0.4, 0.5) is 5.69 Å². The van der Waals surface area contributed by atoms with Crippen molar-refractivity contribution in [3.8, 4) is 0 Å². The van der Waals surface area contributed by atoms with Crippen molar-refractivity contribution in [2.75, 3.05) is 11.9 Å². The van der Waals surface area contributed by atoms with Gasteiger partial charge in [0.15, 0.2) is 5.11 Å². The van der Waals surface area contributed by atoms with E-state index in [2.05, 4.69) is 28.1 Å². The van der Waals surface area contributed by atoms with E-state index in [1.54, 1.807) is 36.4 Å². The predicted molar refractivity (Wildman–Crippen MR) is 107 cm³/mol. The number of hydrogen-bond donors (Lipinski definition) is 4. The molecule has 7 heteroatoms. The van der Waals surface area contributed by atoms with Crippen molar-refractivity contribution in [2.24, 2.45) is 0 Å². The molecule has 2 rings (SSSR count). The molecule has 0 unspecified atom stereocenters. The molecule has 2 amide bonds. The molecule has 0 spiro atoms. The van der Waals surface area contributed by atoms with Crippen LogP contribution in [-0.2, 0) is 0 Å². The van der Waals surface area contributed by atoms with E-state index in [1.165, 1.54) is 0 Å². The molecule has 2 aromatic rings. The largest absolute Gasteiger partial charge is 0.358 e. The van der Waals surface area contributed by atoms with Gasteiger partial charge in [-0.05, 0) is 55.0 Å². The van der Waals surface area contributed by atoms with Crippen molar-refractivity contribution in [3.05, 3.63) is 77.9 Å². The topological polar surface area (TPSA) is 82.3 Å². The third-order valence-electron chi connectivity index (χ3n) is 3.49. The van der Waals surface area contributed by atoms with Crippen molar-refractivity contribution in [3.63, 3.8) is 0 Å². The Kier molecular flexibility index (Phi) is 6.87. The fourth-order valence-corrected chi connectivity index (χ4v) is 2.26. The number of anilines is 1. The summed E-state index contributed by atoms with van der Waals surface area (Å²) in [5.41, 5.74) is 7.62. The average molecular weight is 368 g/mol. The van der Waals surface area contributed by atoms with Gasteiger partial charge in [0.2, 0.25) is 0 Å². The molecule has 0 saturated carbocycles. The summed E-state index contributed by atoms with van der Waals surface area (Å²) in [6, 6.07) is 13.9. The normalized spacial score (nSPS) is 9.73. The Morgan fingerprint density at radius 1 is 1.04 bits per heavy atom. The van der Waals surface area contributed by atoms with Gasteiger partial charge in [0.05, 0.1) is 0 Å². The van der Waals surface area contributed by atoms with E-state index < -0.39 is 0 Å². The second kappa shape index (κ2) is 9.33. The summed E-state index contributed by atoms with van der Waals surface area (Å²) in [4.78, 5) is 24.3. The molecule has 0 atom stereocenters. The minimum Gasteiger partial charge on any atom is -0.358 e. The number of aryl methyl sites for hydroxylation is 1. The Morgan fingerprint density at radius 3 is 2.38 bits per heavy atom. The number of rotatable bonds is 5. The number of hydrazine groups is 1. The zero-order valence-electron chi connectivity index (χ0n) is 14.3. The van der Waals surface area contributed by atoms with Crippen LogP contribution < -0.4 is 21.5 Å². The molecular formula is C19H20N4O2S. The minimum absolute atomic E-state index is 0.194. The van der Waals surface area contributed by atoms with E-state index in [0.29, 0.717) is 28.5 Å². The molecular weight excluding hydrogens is 348 g/mol. The van der Waals surface area contributed by atoms with Crippen LogP contribution in [0.2, 0.25) is 0 Å². The summed E-state index contributed by atoms with van der Waals surface area (Å²) >= 11 is 4.98. The third-order valence-corrected chi connectivity index (χ3v) is 3.74. The van der Waals surface area contributed by atoms with Crippen LogP contribution in [0.1, 0.15) is 26.3 Å². The second-order valence-electron chi connectivity index (χ2n) is 5.42. The van der Waals surface area contributed by atoms with Gasteiger partial charge in [0.1, 0.15) is 0 Å². The van der Waals surface area contributed by atoms with Gasteiger partial charge in [-0.15, -0.1) is 6.58 Å². The van der Waals surface area contributed by atoms with Gasteiger partial charge in [-0.2, -0.15) is 0 Å². The first-order chi connectivity index (χ1) is 12.5. The summed E-state index contributed by atoms with van der Waals surface area (Å²) in [6.45, 7) is 5.94. The number of nitrogens with one attached hydrogen (secondary N) is 4.